The van der Waals surface area contributed by atoms with Crippen LogP contribution in [0.2, 0.25) is 0 Å². The Hall–Kier alpha value is -1.79. The molecule has 0 bridgehead atoms. The molecule has 0 aliphatic rings. The maximum atomic E-state index is 10.1. The summed E-state index contributed by atoms with van der Waals surface area (Å²) in [5.74, 6) is -0.990. The molecule has 0 spiro atoms. The van der Waals surface area contributed by atoms with Crippen LogP contribution in [0.4, 0.5) is 0 Å². The largest absolute Gasteiger partial charge is 0.477 e. The molecule has 2 N–H and O–H groups in total. The van der Waals surface area contributed by atoms with Crippen LogP contribution in [0.1, 0.15) is 10.5 Å². The molecule has 6 nitrogen and oxygen atoms in total. The number of hydrogen-bond donors (Lipinski definition) is 2. The van der Waals surface area contributed by atoms with Crippen molar-refractivity contribution in [3.05, 3.63) is 30.1 Å². The van der Waals surface area contributed by atoms with E-state index in [9.17, 15) is 9.59 Å². The highest BCUT2D eigenvalue weighted by Crippen LogP contribution is 1.90. The van der Waals surface area contributed by atoms with Gasteiger partial charge in [-0.2, -0.15) is 0 Å². The van der Waals surface area contributed by atoms with E-state index in [2.05, 4.69) is 10.3 Å². The molecule has 0 amide bonds. The summed E-state index contributed by atoms with van der Waals surface area (Å²) in [5.41, 5.74) is 0.0810. The van der Waals surface area contributed by atoms with Crippen LogP contribution in [0, 0.1) is 0 Å². The lowest BCUT2D eigenvalue weighted by Gasteiger charge is -2.16. The van der Waals surface area contributed by atoms with Gasteiger partial charge >= 0.3 is 5.97 Å². The first-order chi connectivity index (χ1) is 8.02. The van der Waals surface area contributed by atoms with Crippen LogP contribution < -0.4 is 5.32 Å². The number of pyridine rings is 1. The first kappa shape index (κ1) is 15.2. The van der Waals surface area contributed by atoms with E-state index in [1.807, 2.05) is 14.1 Å². The predicted octanol–water partition coefficient (Wildman–Crippen LogP) is 0.0722. The Morgan fingerprint density at radius 2 is 2.18 bits per heavy atom. The van der Waals surface area contributed by atoms with E-state index in [1.165, 1.54) is 12.3 Å². The summed E-state index contributed by atoms with van der Waals surface area (Å²) in [4.78, 5) is 25.6. The molecule has 0 fully saturated rings. The van der Waals surface area contributed by atoms with Crippen molar-refractivity contribution in [2.24, 2.45) is 0 Å². The number of nitrogens with zero attached hydrogens (tertiary/aromatic N) is 2. The third kappa shape index (κ3) is 6.39. The first-order valence-electron chi connectivity index (χ1n) is 4.96. The Balaban J connectivity index is 0.000000304. The van der Waals surface area contributed by atoms with E-state index in [0.717, 1.165) is 6.29 Å². The molecule has 1 heterocycles. The average Bonchev–Trinajstić information content (AvgIpc) is 2.32. The fourth-order valence-corrected chi connectivity index (χ4v) is 0.937. The van der Waals surface area contributed by atoms with Gasteiger partial charge in [0.15, 0.2) is 6.29 Å². The molecular weight excluding hydrogens is 222 g/mol. The van der Waals surface area contributed by atoms with Crippen molar-refractivity contribution in [3.8, 4) is 0 Å². The van der Waals surface area contributed by atoms with Crippen molar-refractivity contribution >= 4 is 12.3 Å². The maximum absolute atomic E-state index is 10.1. The van der Waals surface area contributed by atoms with Crippen LogP contribution in [-0.4, -0.2) is 54.6 Å². The minimum Gasteiger partial charge on any atom is -0.477 e. The van der Waals surface area contributed by atoms with Crippen molar-refractivity contribution in [1.82, 2.24) is 15.2 Å². The molecule has 0 aromatic carbocycles. The molecule has 6 heteroatoms. The van der Waals surface area contributed by atoms with Gasteiger partial charge < -0.3 is 9.90 Å². The van der Waals surface area contributed by atoms with Gasteiger partial charge in [-0.05, 0) is 33.3 Å². The summed E-state index contributed by atoms with van der Waals surface area (Å²) in [5, 5.41) is 11.1. The molecule has 1 aromatic heterocycles. The van der Waals surface area contributed by atoms with Crippen molar-refractivity contribution in [2.75, 3.05) is 21.1 Å². The van der Waals surface area contributed by atoms with Crippen molar-refractivity contribution in [3.63, 3.8) is 0 Å². The molecule has 0 radical (unpaired) electrons. The van der Waals surface area contributed by atoms with Gasteiger partial charge in [0.1, 0.15) is 11.9 Å². The van der Waals surface area contributed by atoms with E-state index in [0.29, 0.717) is 0 Å². The summed E-state index contributed by atoms with van der Waals surface area (Å²) in [6.45, 7) is 0. The molecule has 17 heavy (non-hydrogen) atoms. The molecule has 0 saturated carbocycles. The lowest BCUT2D eigenvalue weighted by molar-refractivity contribution is -0.112. The van der Waals surface area contributed by atoms with Gasteiger partial charge in [0.25, 0.3) is 0 Å². The number of rotatable bonds is 4. The molecule has 1 unspecified atom stereocenters. The third-order valence-electron chi connectivity index (χ3n) is 1.87. The number of nitrogens with one attached hydrogen (secondary N) is 1. The zero-order valence-electron chi connectivity index (χ0n) is 10.1. The highest BCUT2D eigenvalue weighted by atomic mass is 16.4. The van der Waals surface area contributed by atoms with Gasteiger partial charge in [0.2, 0.25) is 0 Å². The second kappa shape index (κ2) is 8.37. The standard InChI is InChI=1S/C6H5NO2.C5H12N2O/c8-6(9)5-3-1-2-4-7-5;1-6-5(4-8)7(2)3/h1-4H,(H,8,9);4-6H,1-3H3. The van der Waals surface area contributed by atoms with Gasteiger partial charge in [-0.25, -0.2) is 9.78 Å². The zero-order valence-corrected chi connectivity index (χ0v) is 10.1. The number of aldehydes is 1. The van der Waals surface area contributed by atoms with Crippen LogP contribution in [-0.2, 0) is 4.79 Å². The number of carboxylic acid groups (broad SMARTS) is 1. The average molecular weight is 239 g/mol. The highest BCUT2D eigenvalue weighted by Gasteiger charge is 2.03. The Labute approximate surface area is 100 Å². The van der Waals surface area contributed by atoms with Gasteiger partial charge in [-0.3, -0.25) is 10.2 Å². The van der Waals surface area contributed by atoms with Crippen LogP contribution in [0.25, 0.3) is 0 Å². The predicted molar refractivity (Wildman–Crippen MR) is 63.8 cm³/mol. The number of hydrogen-bond acceptors (Lipinski definition) is 5. The molecule has 1 atom stereocenters. The van der Waals surface area contributed by atoms with E-state index < -0.39 is 5.97 Å². The molecule has 0 aliphatic carbocycles. The minimum absolute atomic E-state index is 0.0810. The minimum atomic E-state index is -0.990. The van der Waals surface area contributed by atoms with Crippen molar-refractivity contribution < 1.29 is 14.7 Å². The lowest BCUT2D eigenvalue weighted by Crippen LogP contribution is -2.40. The number of aromatic carboxylic acids is 1. The second-order valence-corrected chi connectivity index (χ2v) is 3.35. The molecule has 1 rings (SSSR count). The number of carbonyl (C=O) groups is 2. The monoisotopic (exact) mass is 239 g/mol. The maximum Gasteiger partial charge on any atom is 0.354 e. The molecule has 0 aliphatic heterocycles. The fraction of sp³-hybridized carbons (Fsp3) is 0.364. The van der Waals surface area contributed by atoms with Crippen LogP contribution in [0.15, 0.2) is 24.4 Å². The zero-order chi connectivity index (χ0) is 13.3. The van der Waals surface area contributed by atoms with Crippen LogP contribution in [0.5, 0.6) is 0 Å². The van der Waals surface area contributed by atoms with E-state index in [1.54, 1.807) is 24.1 Å². The lowest BCUT2D eigenvalue weighted by atomic mass is 10.4. The Bertz CT molecular complexity index is 341. The number of aromatic nitrogens is 1. The van der Waals surface area contributed by atoms with Gasteiger partial charge in [-0.15, -0.1) is 0 Å². The van der Waals surface area contributed by atoms with E-state index in [4.69, 9.17) is 5.11 Å². The van der Waals surface area contributed by atoms with Crippen LogP contribution >= 0.6 is 0 Å². The topological polar surface area (TPSA) is 82.5 Å². The number of carboxylic acids is 1. The Morgan fingerprint density at radius 3 is 2.35 bits per heavy atom. The second-order valence-electron chi connectivity index (χ2n) is 3.35. The first-order valence-corrected chi connectivity index (χ1v) is 4.96. The van der Waals surface area contributed by atoms with E-state index >= 15 is 0 Å². The molecule has 94 valence electrons. The molecule has 0 saturated heterocycles. The Morgan fingerprint density at radius 1 is 1.53 bits per heavy atom. The summed E-state index contributed by atoms with van der Waals surface area (Å²) in [6, 6.07) is 4.76. The number of carbonyl (C=O) groups excluding carboxylic acids is 1. The summed E-state index contributed by atoms with van der Waals surface area (Å²) in [6.07, 6.45) is 2.17. The van der Waals surface area contributed by atoms with E-state index in [-0.39, 0.29) is 11.9 Å². The van der Waals surface area contributed by atoms with Gasteiger partial charge in [0.05, 0.1) is 0 Å². The highest BCUT2D eigenvalue weighted by molar-refractivity contribution is 5.85. The van der Waals surface area contributed by atoms with Crippen molar-refractivity contribution in [2.45, 2.75) is 6.17 Å². The quantitative estimate of drug-likeness (QED) is 0.571. The van der Waals surface area contributed by atoms with Crippen molar-refractivity contribution in [1.29, 1.82) is 0 Å². The third-order valence-corrected chi connectivity index (χ3v) is 1.87. The molecule has 1 aromatic rings. The molecular formula is C11H17N3O3. The summed E-state index contributed by atoms with van der Waals surface area (Å²) < 4.78 is 0. The van der Waals surface area contributed by atoms with Gasteiger partial charge in [-0.1, -0.05) is 6.07 Å². The summed E-state index contributed by atoms with van der Waals surface area (Å²) >= 11 is 0. The summed E-state index contributed by atoms with van der Waals surface area (Å²) in [7, 11) is 5.43. The van der Waals surface area contributed by atoms with Gasteiger partial charge in [0, 0.05) is 6.20 Å². The Kier molecular flexibility index (Phi) is 7.49. The SMILES string of the molecule is CNC(C=O)N(C)C.O=C(O)c1ccccn1. The normalized spacial score (nSPS) is 11.3. The smallest absolute Gasteiger partial charge is 0.354 e. The fourth-order valence-electron chi connectivity index (χ4n) is 0.937. The number of likely N-dealkylation sites (N-methyl/N-ethyl adjacent to an activating group) is 2. The van der Waals surface area contributed by atoms with Crippen LogP contribution in [0.3, 0.4) is 0 Å².